The second-order valence-electron chi connectivity index (χ2n) is 11.3. The van der Waals surface area contributed by atoms with Crippen LogP contribution in [0.5, 0.6) is 11.5 Å². The molecule has 0 fully saturated rings. The maximum atomic E-state index is 14.2. The molecule has 1 atom stereocenters. The van der Waals surface area contributed by atoms with Crippen LogP contribution in [0.15, 0.2) is 72.8 Å². The Kier molecular flexibility index (Phi) is 8.92. The van der Waals surface area contributed by atoms with Crippen LogP contribution in [0.1, 0.15) is 37.5 Å². The van der Waals surface area contributed by atoms with Gasteiger partial charge >= 0.3 is 0 Å². The molecular formula is C31H37N3O6S. The van der Waals surface area contributed by atoms with Crippen molar-refractivity contribution < 1.29 is 27.5 Å². The lowest BCUT2D eigenvalue weighted by Gasteiger charge is -2.35. The zero-order chi connectivity index (χ0) is 29.8. The Morgan fingerprint density at radius 3 is 2.27 bits per heavy atom. The molecular weight excluding hydrogens is 542 g/mol. The van der Waals surface area contributed by atoms with E-state index in [0.29, 0.717) is 11.5 Å². The molecule has 0 bridgehead atoms. The molecule has 1 N–H and O–H groups in total. The smallest absolute Gasteiger partial charge is 0.244 e. The topological polar surface area (TPSA) is 105 Å². The van der Waals surface area contributed by atoms with Gasteiger partial charge in [-0.15, -0.1) is 0 Å². The molecule has 4 rings (SSSR count). The first-order valence-electron chi connectivity index (χ1n) is 13.4. The second kappa shape index (κ2) is 12.2. The van der Waals surface area contributed by atoms with Crippen LogP contribution >= 0.6 is 0 Å². The van der Waals surface area contributed by atoms with Gasteiger partial charge in [-0.25, -0.2) is 8.42 Å². The van der Waals surface area contributed by atoms with Crippen molar-refractivity contribution in [2.24, 2.45) is 0 Å². The normalized spacial score (nSPS) is 13.4. The molecule has 0 aliphatic carbocycles. The summed E-state index contributed by atoms with van der Waals surface area (Å²) < 4.78 is 37.8. The number of amides is 2. The predicted octanol–water partition coefficient (Wildman–Crippen LogP) is 4.04. The van der Waals surface area contributed by atoms with Crippen molar-refractivity contribution in [2.45, 2.75) is 52.2 Å². The first kappa shape index (κ1) is 29.9. The average Bonchev–Trinajstić information content (AvgIpc) is 3.36. The molecule has 10 heteroatoms. The Morgan fingerprint density at radius 1 is 0.927 bits per heavy atom. The molecule has 3 aromatic rings. The number of anilines is 1. The van der Waals surface area contributed by atoms with Crippen LogP contribution in [0.4, 0.5) is 5.69 Å². The number of nitrogens with one attached hydrogen (secondary N) is 1. The molecule has 0 aromatic heterocycles. The highest BCUT2D eigenvalue weighted by Crippen LogP contribution is 2.36. The lowest BCUT2D eigenvalue weighted by molar-refractivity contribution is -0.140. The monoisotopic (exact) mass is 579 g/mol. The van der Waals surface area contributed by atoms with Gasteiger partial charge in [0.2, 0.25) is 28.6 Å². The number of nitrogens with zero attached hydrogens (tertiary/aromatic N) is 2. The maximum Gasteiger partial charge on any atom is 0.244 e. The lowest BCUT2D eigenvalue weighted by Crippen LogP contribution is -2.56. The Labute approximate surface area is 242 Å². The average molecular weight is 580 g/mol. The first-order valence-corrected chi connectivity index (χ1v) is 15.2. The van der Waals surface area contributed by atoms with Crippen LogP contribution in [0.3, 0.4) is 0 Å². The molecule has 3 aromatic carbocycles. The number of ether oxygens (including phenoxy) is 2. The number of carbonyl (C=O) groups excluding carboxylic acids is 2. The molecule has 218 valence electrons. The van der Waals surface area contributed by atoms with E-state index in [4.69, 9.17) is 9.47 Å². The fourth-order valence-corrected chi connectivity index (χ4v) is 5.51. The molecule has 41 heavy (non-hydrogen) atoms. The van der Waals surface area contributed by atoms with Crippen LogP contribution in [0, 0.1) is 6.92 Å². The van der Waals surface area contributed by atoms with Crippen molar-refractivity contribution in [1.29, 1.82) is 0 Å². The van der Waals surface area contributed by atoms with E-state index >= 15 is 0 Å². The Morgan fingerprint density at radius 2 is 1.61 bits per heavy atom. The van der Waals surface area contributed by atoms with E-state index in [1.54, 1.807) is 12.1 Å². The molecule has 0 unspecified atom stereocenters. The molecule has 1 heterocycles. The molecule has 1 aliphatic rings. The number of sulfonamides is 1. The van der Waals surface area contributed by atoms with Crippen molar-refractivity contribution in [3.05, 3.63) is 89.5 Å². The summed E-state index contributed by atoms with van der Waals surface area (Å²) in [5.74, 6) is 0.0547. The summed E-state index contributed by atoms with van der Waals surface area (Å²) in [5, 5.41) is 3.02. The van der Waals surface area contributed by atoms with Crippen molar-refractivity contribution in [3.63, 3.8) is 0 Å². The van der Waals surface area contributed by atoms with Gasteiger partial charge in [0.25, 0.3) is 0 Å². The summed E-state index contributed by atoms with van der Waals surface area (Å²) in [7, 11) is -3.89. The third-order valence-electron chi connectivity index (χ3n) is 6.53. The van der Waals surface area contributed by atoms with E-state index in [-0.39, 0.29) is 31.4 Å². The summed E-state index contributed by atoms with van der Waals surface area (Å²) >= 11 is 0. The van der Waals surface area contributed by atoms with Gasteiger partial charge in [0.1, 0.15) is 12.6 Å². The van der Waals surface area contributed by atoms with Crippen molar-refractivity contribution in [3.8, 4) is 11.5 Å². The number of benzene rings is 3. The minimum atomic E-state index is -3.89. The lowest BCUT2D eigenvalue weighted by atomic mass is 10.0. The van der Waals surface area contributed by atoms with Crippen molar-refractivity contribution in [2.75, 3.05) is 23.9 Å². The standard InChI is InChI=1S/C31H37N3O6S/c1-22-10-9-13-24(16-22)19-33(26(30(36)32-31(2,3)4)17-23-11-7-6-8-12-23)29(35)20-34(41(5,37)38)25-14-15-27-28(18-25)40-21-39-27/h6-16,18,26H,17,19-21H2,1-5H3,(H,32,36)/t26-/m0/s1. The van der Waals surface area contributed by atoms with E-state index in [1.807, 2.05) is 82.3 Å². The van der Waals surface area contributed by atoms with E-state index in [2.05, 4.69) is 5.32 Å². The molecule has 0 spiro atoms. The molecule has 9 nitrogen and oxygen atoms in total. The van der Waals surface area contributed by atoms with Gasteiger partial charge in [-0.05, 0) is 51.0 Å². The van der Waals surface area contributed by atoms with Gasteiger partial charge in [0.05, 0.1) is 11.9 Å². The van der Waals surface area contributed by atoms with E-state index in [9.17, 15) is 18.0 Å². The molecule has 0 saturated heterocycles. The summed E-state index contributed by atoms with van der Waals surface area (Å²) in [6, 6.07) is 21.0. The summed E-state index contributed by atoms with van der Waals surface area (Å²) in [6.07, 6.45) is 1.30. The van der Waals surface area contributed by atoms with Crippen LogP contribution < -0.4 is 19.1 Å². The zero-order valence-corrected chi connectivity index (χ0v) is 24.9. The highest BCUT2D eigenvalue weighted by molar-refractivity contribution is 7.92. The predicted molar refractivity (Wildman–Crippen MR) is 158 cm³/mol. The van der Waals surface area contributed by atoms with E-state index < -0.39 is 34.1 Å². The first-order chi connectivity index (χ1) is 19.3. The fourth-order valence-electron chi connectivity index (χ4n) is 4.67. The quantitative estimate of drug-likeness (QED) is 0.389. The van der Waals surface area contributed by atoms with Gasteiger partial charge in [-0.3, -0.25) is 13.9 Å². The van der Waals surface area contributed by atoms with Gasteiger partial charge in [-0.2, -0.15) is 0 Å². The van der Waals surface area contributed by atoms with Crippen LogP contribution in [0.2, 0.25) is 0 Å². The van der Waals surface area contributed by atoms with Crippen molar-refractivity contribution in [1.82, 2.24) is 10.2 Å². The highest BCUT2D eigenvalue weighted by atomic mass is 32.2. The second-order valence-corrected chi connectivity index (χ2v) is 13.2. The SMILES string of the molecule is Cc1cccc(CN(C(=O)CN(c2ccc3c(c2)OCO3)S(C)(=O)=O)[C@@H](Cc2ccccc2)C(=O)NC(C)(C)C)c1. The number of hydrogen-bond donors (Lipinski definition) is 1. The highest BCUT2D eigenvalue weighted by Gasteiger charge is 2.34. The van der Waals surface area contributed by atoms with Gasteiger partial charge < -0.3 is 19.7 Å². The summed E-state index contributed by atoms with van der Waals surface area (Å²) in [5.41, 5.74) is 2.43. The maximum absolute atomic E-state index is 14.2. The van der Waals surface area contributed by atoms with Gasteiger partial charge in [0, 0.05) is 24.6 Å². The van der Waals surface area contributed by atoms with Gasteiger partial charge in [0.15, 0.2) is 11.5 Å². The Balaban J connectivity index is 1.74. The van der Waals surface area contributed by atoms with Gasteiger partial charge in [-0.1, -0.05) is 60.2 Å². The van der Waals surface area contributed by atoms with Crippen LogP contribution in [-0.4, -0.2) is 56.3 Å². The number of carbonyl (C=O) groups is 2. The third kappa shape index (κ3) is 8.00. The van der Waals surface area contributed by atoms with E-state index in [1.165, 1.54) is 11.0 Å². The molecule has 0 saturated carbocycles. The zero-order valence-electron chi connectivity index (χ0n) is 24.1. The summed E-state index contributed by atoms with van der Waals surface area (Å²) in [6.45, 7) is 7.23. The van der Waals surface area contributed by atoms with Crippen molar-refractivity contribution >= 4 is 27.5 Å². The molecule has 2 amide bonds. The number of fused-ring (bicyclic) bond motifs is 1. The van der Waals surface area contributed by atoms with E-state index in [0.717, 1.165) is 27.3 Å². The fraction of sp³-hybridized carbons (Fsp3) is 0.355. The number of aryl methyl sites for hydroxylation is 1. The van der Waals surface area contributed by atoms with Crippen LogP contribution in [-0.2, 0) is 32.6 Å². The van der Waals surface area contributed by atoms with Crippen LogP contribution in [0.25, 0.3) is 0 Å². The minimum Gasteiger partial charge on any atom is -0.454 e. The number of hydrogen-bond acceptors (Lipinski definition) is 6. The third-order valence-corrected chi connectivity index (χ3v) is 7.67. The summed E-state index contributed by atoms with van der Waals surface area (Å²) in [4.78, 5) is 29.4. The number of rotatable bonds is 10. The molecule has 0 radical (unpaired) electrons. The minimum absolute atomic E-state index is 0.0327. The Hall–Kier alpha value is -4.05. The largest absolute Gasteiger partial charge is 0.454 e. The molecule has 1 aliphatic heterocycles. The Bertz CT molecular complexity index is 1500.